The molecule has 2 aromatic rings. The molecule has 1 heterocycles. The summed E-state index contributed by atoms with van der Waals surface area (Å²) in [5.41, 5.74) is 6.73. The molecule has 1 aromatic carbocycles. The van der Waals surface area contributed by atoms with E-state index in [-0.39, 0.29) is 24.3 Å². The van der Waals surface area contributed by atoms with Gasteiger partial charge in [-0.15, -0.1) is 0 Å². The van der Waals surface area contributed by atoms with Crippen LogP contribution in [0.15, 0.2) is 36.7 Å². The molecule has 6 nitrogen and oxygen atoms in total. The first-order valence-corrected chi connectivity index (χ1v) is 7.28. The van der Waals surface area contributed by atoms with E-state index in [1.54, 1.807) is 6.20 Å². The molecule has 1 aliphatic carbocycles. The second-order valence-corrected chi connectivity index (χ2v) is 5.82. The minimum Gasteiger partial charge on any atom is -0.368 e. The van der Waals surface area contributed by atoms with Crippen molar-refractivity contribution in [2.75, 3.05) is 5.32 Å². The van der Waals surface area contributed by atoms with Gasteiger partial charge >= 0.3 is 0 Å². The van der Waals surface area contributed by atoms with E-state index < -0.39 is 5.91 Å². The lowest BCUT2D eigenvalue weighted by Gasteiger charge is -2.03. The third-order valence-corrected chi connectivity index (χ3v) is 3.86. The van der Waals surface area contributed by atoms with Crippen molar-refractivity contribution in [3.8, 4) is 0 Å². The van der Waals surface area contributed by atoms with E-state index in [1.165, 1.54) is 10.9 Å². The molecular formula is C15H15ClN4O2. The second kappa shape index (κ2) is 5.81. The van der Waals surface area contributed by atoms with Crippen LogP contribution in [0, 0.1) is 5.92 Å². The van der Waals surface area contributed by atoms with Crippen LogP contribution in [0.2, 0.25) is 5.02 Å². The molecule has 2 atom stereocenters. The van der Waals surface area contributed by atoms with Crippen LogP contribution >= 0.6 is 11.6 Å². The number of primary amides is 1. The molecule has 2 amide bonds. The van der Waals surface area contributed by atoms with Gasteiger partial charge in [0.15, 0.2) is 0 Å². The molecular weight excluding hydrogens is 304 g/mol. The van der Waals surface area contributed by atoms with Crippen molar-refractivity contribution >= 4 is 29.1 Å². The highest BCUT2D eigenvalue weighted by molar-refractivity contribution is 6.30. The van der Waals surface area contributed by atoms with Crippen molar-refractivity contribution in [1.29, 1.82) is 0 Å². The molecule has 3 N–H and O–H groups in total. The molecule has 22 heavy (non-hydrogen) atoms. The summed E-state index contributed by atoms with van der Waals surface area (Å²) in [5, 5.41) is 7.44. The summed E-state index contributed by atoms with van der Waals surface area (Å²) in [5.74, 6) is -0.384. The van der Waals surface area contributed by atoms with E-state index in [9.17, 15) is 9.59 Å². The van der Waals surface area contributed by atoms with Crippen LogP contribution in [0.5, 0.6) is 0 Å². The fourth-order valence-electron chi connectivity index (χ4n) is 2.50. The Labute approximate surface area is 132 Å². The zero-order valence-electron chi connectivity index (χ0n) is 11.7. The van der Waals surface area contributed by atoms with Crippen molar-refractivity contribution in [3.05, 3.63) is 47.2 Å². The summed E-state index contributed by atoms with van der Waals surface area (Å²) in [4.78, 5) is 23.0. The molecule has 0 radical (unpaired) electrons. The van der Waals surface area contributed by atoms with Crippen LogP contribution < -0.4 is 11.1 Å². The summed E-state index contributed by atoms with van der Waals surface area (Å²) >= 11 is 5.97. The van der Waals surface area contributed by atoms with E-state index in [0.717, 1.165) is 12.0 Å². The van der Waals surface area contributed by atoms with Gasteiger partial charge in [-0.25, -0.2) is 0 Å². The number of nitrogens with zero attached hydrogens (tertiary/aromatic N) is 2. The molecule has 0 saturated heterocycles. The molecule has 0 aliphatic heterocycles. The van der Waals surface area contributed by atoms with Crippen molar-refractivity contribution in [3.63, 3.8) is 0 Å². The lowest BCUT2D eigenvalue weighted by Crippen LogP contribution is -2.19. The fourth-order valence-corrected chi connectivity index (χ4v) is 2.70. The van der Waals surface area contributed by atoms with Gasteiger partial charge in [0.25, 0.3) is 0 Å². The number of nitrogens with one attached hydrogen (secondary N) is 1. The van der Waals surface area contributed by atoms with Crippen molar-refractivity contribution < 1.29 is 9.59 Å². The molecule has 1 aromatic heterocycles. The number of nitrogens with two attached hydrogens (primary N) is 1. The first-order valence-electron chi connectivity index (χ1n) is 6.90. The molecule has 0 spiro atoms. The number of anilines is 1. The zero-order chi connectivity index (χ0) is 15.7. The lowest BCUT2D eigenvalue weighted by molar-refractivity contribution is -0.119. The predicted octanol–water partition coefficient (Wildman–Crippen LogP) is 1.76. The first-order chi connectivity index (χ1) is 10.5. The van der Waals surface area contributed by atoms with E-state index in [4.69, 9.17) is 17.3 Å². The number of aromatic nitrogens is 2. The normalized spacial score (nSPS) is 19.7. The summed E-state index contributed by atoms with van der Waals surface area (Å²) in [6, 6.07) is 7.58. The minimum absolute atomic E-state index is 0.00949. The average molecular weight is 319 g/mol. The fraction of sp³-hybridized carbons (Fsp3) is 0.267. The van der Waals surface area contributed by atoms with Gasteiger partial charge in [0.1, 0.15) is 6.54 Å². The Balaban J connectivity index is 1.59. The number of hydrogen-bond acceptors (Lipinski definition) is 3. The summed E-state index contributed by atoms with van der Waals surface area (Å²) in [6.45, 7) is -0.00949. The van der Waals surface area contributed by atoms with Gasteiger partial charge < -0.3 is 11.1 Å². The van der Waals surface area contributed by atoms with Gasteiger partial charge in [-0.2, -0.15) is 5.10 Å². The summed E-state index contributed by atoms with van der Waals surface area (Å²) < 4.78 is 1.39. The van der Waals surface area contributed by atoms with Gasteiger partial charge in [-0.1, -0.05) is 23.7 Å². The number of carbonyl (C=O) groups is 2. The molecule has 7 heteroatoms. The van der Waals surface area contributed by atoms with Gasteiger partial charge in [0, 0.05) is 17.1 Å². The maximum absolute atomic E-state index is 12.2. The van der Waals surface area contributed by atoms with Gasteiger partial charge in [0.05, 0.1) is 11.9 Å². The van der Waals surface area contributed by atoms with Crippen molar-refractivity contribution in [1.82, 2.24) is 9.78 Å². The number of carbonyl (C=O) groups excluding carboxylic acids is 2. The Morgan fingerprint density at radius 3 is 3.00 bits per heavy atom. The largest absolute Gasteiger partial charge is 0.368 e. The number of halogens is 1. The zero-order valence-corrected chi connectivity index (χ0v) is 12.5. The lowest BCUT2D eigenvalue weighted by atomic mass is 10.1. The maximum Gasteiger partial charge on any atom is 0.239 e. The molecule has 0 bridgehead atoms. The topological polar surface area (TPSA) is 90.0 Å². The van der Waals surface area contributed by atoms with Crippen LogP contribution in [0.3, 0.4) is 0 Å². The molecule has 114 valence electrons. The van der Waals surface area contributed by atoms with E-state index >= 15 is 0 Å². The Morgan fingerprint density at radius 2 is 2.27 bits per heavy atom. The third-order valence-electron chi connectivity index (χ3n) is 3.62. The predicted molar refractivity (Wildman–Crippen MR) is 82.4 cm³/mol. The van der Waals surface area contributed by atoms with Crippen LogP contribution in [0.1, 0.15) is 17.9 Å². The Morgan fingerprint density at radius 1 is 1.45 bits per heavy atom. The van der Waals surface area contributed by atoms with Gasteiger partial charge in [0.2, 0.25) is 11.8 Å². The highest BCUT2D eigenvalue weighted by Crippen LogP contribution is 2.48. The van der Waals surface area contributed by atoms with Crippen LogP contribution in [-0.4, -0.2) is 21.6 Å². The second-order valence-electron chi connectivity index (χ2n) is 5.39. The Bertz CT molecular complexity index is 728. The molecule has 0 unspecified atom stereocenters. The number of hydrogen-bond donors (Lipinski definition) is 2. The summed E-state index contributed by atoms with van der Waals surface area (Å²) in [6.07, 6.45) is 3.89. The molecule has 1 aliphatic rings. The van der Waals surface area contributed by atoms with Gasteiger partial charge in [-0.05, 0) is 30.0 Å². The standard InChI is InChI=1S/C15H15ClN4O2/c16-10-3-1-2-9(4-10)12-5-13(12)15(22)19-11-6-18-20(7-11)8-14(17)21/h1-4,6-7,12-13H,5,8H2,(H2,17,21)(H,19,22)/t12-,13+/m1/s1. The van der Waals surface area contributed by atoms with E-state index in [2.05, 4.69) is 10.4 Å². The Hall–Kier alpha value is -2.34. The molecule has 3 rings (SSSR count). The van der Waals surface area contributed by atoms with E-state index in [0.29, 0.717) is 10.7 Å². The number of benzene rings is 1. The van der Waals surface area contributed by atoms with E-state index in [1.807, 2.05) is 24.3 Å². The third kappa shape index (κ3) is 3.28. The van der Waals surface area contributed by atoms with Crippen LogP contribution in [0.25, 0.3) is 0 Å². The van der Waals surface area contributed by atoms with Crippen molar-refractivity contribution in [2.45, 2.75) is 18.9 Å². The van der Waals surface area contributed by atoms with Gasteiger partial charge in [-0.3, -0.25) is 14.3 Å². The maximum atomic E-state index is 12.2. The Kier molecular flexibility index (Phi) is 3.85. The number of rotatable bonds is 5. The summed E-state index contributed by atoms with van der Waals surface area (Å²) in [7, 11) is 0. The van der Waals surface area contributed by atoms with Crippen molar-refractivity contribution in [2.24, 2.45) is 11.7 Å². The molecule has 1 saturated carbocycles. The quantitative estimate of drug-likeness (QED) is 0.880. The first kappa shape index (κ1) is 14.6. The molecule has 1 fully saturated rings. The monoisotopic (exact) mass is 318 g/mol. The van der Waals surface area contributed by atoms with Crippen LogP contribution in [0.4, 0.5) is 5.69 Å². The highest BCUT2D eigenvalue weighted by Gasteiger charge is 2.44. The smallest absolute Gasteiger partial charge is 0.239 e. The number of amides is 2. The highest BCUT2D eigenvalue weighted by atomic mass is 35.5. The SMILES string of the molecule is NC(=O)Cn1cc(NC(=O)[C@H]2C[C@@H]2c2cccc(Cl)c2)cn1. The van der Waals surface area contributed by atoms with Crippen LogP contribution in [-0.2, 0) is 16.1 Å². The minimum atomic E-state index is -0.482. The average Bonchev–Trinajstić information content (AvgIpc) is 3.15.